The first-order valence-electron chi connectivity index (χ1n) is 6.77. The molecule has 16 heavy (non-hydrogen) atoms. The highest BCUT2D eigenvalue weighted by Gasteiger charge is 2.44. The van der Waals surface area contributed by atoms with Crippen molar-refractivity contribution < 1.29 is 4.74 Å². The highest BCUT2D eigenvalue weighted by Crippen LogP contribution is 2.42. The van der Waals surface area contributed by atoms with E-state index in [9.17, 15) is 0 Å². The quantitative estimate of drug-likeness (QED) is 0.748. The largest absolute Gasteiger partial charge is 0.377 e. The molecule has 2 unspecified atom stereocenters. The van der Waals surface area contributed by atoms with Gasteiger partial charge in [0.25, 0.3) is 0 Å². The van der Waals surface area contributed by atoms with Crippen LogP contribution in [-0.2, 0) is 4.74 Å². The lowest BCUT2D eigenvalue weighted by molar-refractivity contribution is 0.0220. The van der Waals surface area contributed by atoms with Gasteiger partial charge in [-0.15, -0.1) is 0 Å². The van der Waals surface area contributed by atoms with Crippen molar-refractivity contribution in [1.29, 1.82) is 0 Å². The summed E-state index contributed by atoms with van der Waals surface area (Å²) in [5.74, 6) is 0.818. The molecular formula is C13H26N2O. The first kappa shape index (κ1) is 12.3. The summed E-state index contributed by atoms with van der Waals surface area (Å²) in [4.78, 5) is 2.56. The van der Waals surface area contributed by atoms with Gasteiger partial charge in [-0.2, -0.15) is 0 Å². The van der Waals surface area contributed by atoms with Crippen LogP contribution in [0.4, 0.5) is 0 Å². The normalized spacial score (nSPS) is 29.6. The highest BCUT2D eigenvalue weighted by atomic mass is 16.5. The molecule has 94 valence electrons. The molecule has 0 bridgehead atoms. The molecule has 1 saturated heterocycles. The molecule has 0 amide bonds. The Bertz CT molecular complexity index is 224. The second kappa shape index (κ2) is 5.03. The second-order valence-corrected chi connectivity index (χ2v) is 5.51. The minimum atomic E-state index is 0.209. The third-order valence-electron chi connectivity index (χ3n) is 4.42. The van der Waals surface area contributed by atoms with Gasteiger partial charge in [-0.25, -0.2) is 0 Å². The van der Waals surface area contributed by atoms with E-state index in [1.165, 1.54) is 25.7 Å². The van der Waals surface area contributed by atoms with Crippen LogP contribution in [0.25, 0.3) is 0 Å². The zero-order valence-electron chi connectivity index (χ0n) is 10.7. The Balaban J connectivity index is 1.95. The number of likely N-dealkylation sites (N-methyl/N-ethyl adjacent to an activating group) is 1. The van der Waals surface area contributed by atoms with E-state index < -0.39 is 0 Å². The zero-order valence-corrected chi connectivity index (χ0v) is 10.7. The summed E-state index contributed by atoms with van der Waals surface area (Å²) in [6.45, 7) is 8.46. The molecule has 3 nitrogen and oxygen atoms in total. The van der Waals surface area contributed by atoms with Gasteiger partial charge in [0.2, 0.25) is 0 Å². The minimum Gasteiger partial charge on any atom is -0.377 e. The summed E-state index contributed by atoms with van der Waals surface area (Å²) in [7, 11) is 0. The van der Waals surface area contributed by atoms with E-state index in [2.05, 4.69) is 18.7 Å². The van der Waals surface area contributed by atoms with E-state index in [-0.39, 0.29) is 5.54 Å². The number of nitrogens with two attached hydrogens (primary N) is 1. The van der Waals surface area contributed by atoms with Crippen LogP contribution in [0.5, 0.6) is 0 Å². The molecule has 1 aliphatic heterocycles. The first-order chi connectivity index (χ1) is 7.70. The molecular weight excluding hydrogens is 200 g/mol. The Kier molecular flexibility index (Phi) is 3.88. The number of rotatable bonds is 6. The smallest absolute Gasteiger partial charge is 0.0703 e. The van der Waals surface area contributed by atoms with Crippen molar-refractivity contribution in [3.63, 3.8) is 0 Å². The molecule has 2 rings (SSSR count). The Labute approximate surface area is 99.3 Å². The van der Waals surface area contributed by atoms with Crippen LogP contribution in [0.15, 0.2) is 0 Å². The lowest BCUT2D eigenvalue weighted by Gasteiger charge is -2.41. The van der Waals surface area contributed by atoms with Gasteiger partial charge in [0.1, 0.15) is 0 Å². The Morgan fingerprint density at radius 3 is 2.56 bits per heavy atom. The lowest BCUT2D eigenvalue weighted by atomic mass is 9.92. The summed E-state index contributed by atoms with van der Waals surface area (Å²) >= 11 is 0. The number of hydrogen-bond acceptors (Lipinski definition) is 3. The summed E-state index contributed by atoms with van der Waals surface area (Å²) in [5, 5.41) is 0. The Hall–Kier alpha value is -0.120. The van der Waals surface area contributed by atoms with Gasteiger partial charge in [-0.3, -0.25) is 4.90 Å². The van der Waals surface area contributed by atoms with Crippen LogP contribution in [-0.4, -0.2) is 42.8 Å². The van der Waals surface area contributed by atoms with E-state index in [4.69, 9.17) is 10.5 Å². The molecule has 2 atom stereocenters. The van der Waals surface area contributed by atoms with Crippen molar-refractivity contribution in [1.82, 2.24) is 4.90 Å². The third kappa shape index (κ3) is 2.41. The van der Waals surface area contributed by atoms with Gasteiger partial charge in [0.15, 0.2) is 0 Å². The molecule has 1 aliphatic carbocycles. The van der Waals surface area contributed by atoms with Crippen LogP contribution in [0, 0.1) is 5.92 Å². The Morgan fingerprint density at radius 2 is 2.12 bits per heavy atom. The van der Waals surface area contributed by atoms with E-state index in [0.29, 0.717) is 6.10 Å². The van der Waals surface area contributed by atoms with Crippen LogP contribution >= 0.6 is 0 Å². The third-order valence-corrected chi connectivity index (χ3v) is 4.42. The van der Waals surface area contributed by atoms with Crippen molar-refractivity contribution in [3.05, 3.63) is 0 Å². The standard InChI is InChI=1S/C13H26N2O/c1-3-15(9-12-5-4-8-16-12)13(2,10-14)11-6-7-11/h11-12H,3-10,14H2,1-2H3. The molecule has 0 radical (unpaired) electrons. The number of hydrogen-bond donors (Lipinski definition) is 1. The average molecular weight is 226 g/mol. The summed E-state index contributed by atoms with van der Waals surface area (Å²) < 4.78 is 5.74. The average Bonchev–Trinajstić information content (AvgIpc) is 3.04. The van der Waals surface area contributed by atoms with Crippen molar-refractivity contribution >= 4 is 0 Å². The maximum Gasteiger partial charge on any atom is 0.0703 e. The fourth-order valence-electron chi connectivity index (χ4n) is 2.99. The minimum absolute atomic E-state index is 0.209. The molecule has 1 saturated carbocycles. The first-order valence-corrected chi connectivity index (χ1v) is 6.77. The van der Waals surface area contributed by atoms with Gasteiger partial charge >= 0.3 is 0 Å². The lowest BCUT2D eigenvalue weighted by Crippen LogP contribution is -2.55. The fraction of sp³-hybridized carbons (Fsp3) is 1.00. The van der Waals surface area contributed by atoms with Crippen LogP contribution in [0.3, 0.4) is 0 Å². The molecule has 2 aliphatic rings. The molecule has 0 spiro atoms. The summed E-state index contributed by atoms with van der Waals surface area (Å²) in [6.07, 6.45) is 5.61. The molecule has 3 heteroatoms. The van der Waals surface area contributed by atoms with Crippen LogP contribution < -0.4 is 5.73 Å². The van der Waals surface area contributed by atoms with Crippen molar-refractivity contribution in [2.75, 3.05) is 26.2 Å². The predicted molar refractivity (Wildman–Crippen MR) is 66.4 cm³/mol. The molecule has 0 aromatic carbocycles. The highest BCUT2D eigenvalue weighted by molar-refractivity contribution is 5.00. The van der Waals surface area contributed by atoms with Crippen molar-refractivity contribution in [2.45, 2.75) is 51.2 Å². The van der Waals surface area contributed by atoms with Crippen LogP contribution in [0.2, 0.25) is 0 Å². The maximum atomic E-state index is 6.02. The number of nitrogens with zero attached hydrogens (tertiary/aromatic N) is 1. The van der Waals surface area contributed by atoms with Gasteiger partial charge in [0, 0.05) is 25.2 Å². The summed E-state index contributed by atoms with van der Waals surface area (Å²) in [6, 6.07) is 0. The number of ether oxygens (including phenoxy) is 1. The second-order valence-electron chi connectivity index (χ2n) is 5.51. The van der Waals surface area contributed by atoms with Gasteiger partial charge in [0.05, 0.1) is 6.10 Å². The molecule has 0 aromatic heterocycles. The molecule has 2 N–H and O–H groups in total. The molecule has 0 aromatic rings. The van der Waals surface area contributed by atoms with Crippen molar-refractivity contribution in [3.8, 4) is 0 Å². The van der Waals surface area contributed by atoms with Gasteiger partial charge in [-0.1, -0.05) is 6.92 Å². The topological polar surface area (TPSA) is 38.5 Å². The summed E-state index contributed by atoms with van der Waals surface area (Å²) in [5.41, 5.74) is 6.23. The van der Waals surface area contributed by atoms with Gasteiger partial charge in [-0.05, 0) is 45.1 Å². The van der Waals surface area contributed by atoms with E-state index in [1.807, 2.05) is 0 Å². The van der Waals surface area contributed by atoms with E-state index in [1.54, 1.807) is 0 Å². The monoisotopic (exact) mass is 226 g/mol. The van der Waals surface area contributed by atoms with Crippen LogP contribution in [0.1, 0.15) is 39.5 Å². The predicted octanol–water partition coefficient (Wildman–Crippen LogP) is 1.61. The van der Waals surface area contributed by atoms with E-state index in [0.717, 1.165) is 32.2 Å². The van der Waals surface area contributed by atoms with E-state index >= 15 is 0 Å². The molecule has 2 fully saturated rings. The zero-order chi connectivity index (χ0) is 11.6. The Morgan fingerprint density at radius 1 is 1.38 bits per heavy atom. The van der Waals surface area contributed by atoms with Crippen molar-refractivity contribution in [2.24, 2.45) is 11.7 Å². The maximum absolute atomic E-state index is 6.02. The SMILES string of the molecule is CCN(CC1CCCO1)C(C)(CN)C1CC1. The fourth-order valence-corrected chi connectivity index (χ4v) is 2.99. The van der Waals surface area contributed by atoms with Gasteiger partial charge < -0.3 is 10.5 Å². The molecule has 1 heterocycles.